The molecule has 2 nitrogen and oxygen atoms in total. The lowest BCUT2D eigenvalue weighted by Crippen LogP contribution is -2.32. The first-order valence-corrected chi connectivity index (χ1v) is 5.29. The van der Waals surface area contributed by atoms with E-state index < -0.39 is 5.60 Å². The molecule has 0 saturated heterocycles. The van der Waals surface area contributed by atoms with Gasteiger partial charge in [-0.1, -0.05) is 23.7 Å². The number of ether oxygens (including phenoxy) is 1. The van der Waals surface area contributed by atoms with Crippen LogP contribution in [0.2, 0.25) is 5.02 Å². The molecule has 0 aliphatic rings. The Morgan fingerprint density at radius 1 is 1.47 bits per heavy atom. The van der Waals surface area contributed by atoms with Gasteiger partial charge in [-0.15, -0.1) is 0 Å². The SMILES string of the molecule is COCC(C)(O)Cc1ccc(Cl)c(C)c1. The highest BCUT2D eigenvalue weighted by Crippen LogP contribution is 2.20. The Balaban J connectivity index is 2.76. The van der Waals surface area contributed by atoms with Crippen LogP contribution >= 0.6 is 11.6 Å². The van der Waals surface area contributed by atoms with E-state index in [1.54, 1.807) is 14.0 Å². The summed E-state index contributed by atoms with van der Waals surface area (Å²) in [5.41, 5.74) is 1.27. The minimum atomic E-state index is -0.824. The highest BCUT2D eigenvalue weighted by atomic mass is 35.5. The van der Waals surface area contributed by atoms with E-state index >= 15 is 0 Å². The van der Waals surface area contributed by atoms with Gasteiger partial charge in [-0.2, -0.15) is 0 Å². The van der Waals surface area contributed by atoms with Gasteiger partial charge in [0.25, 0.3) is 0 Å². The second-order valence-corrected chi connectivity index (χ2v) is 4.60. The lowest BCUT2D eigenvalue weighted by Gasteiger charge is -2.22. The van der Waals surface area contributed by atoms with Gasteiger partial charge in [-0.25, -0.2) is 0 Å². The fourth-order valence-corrected chi connectivity index (χ4v) is 1.74. The number of benzene rings is 1. The summed E-state index contributed by atoms with van der Waals surface area (Å²) in [6.45, 7) is 4.05. The van der Waals surface area contributed by atoms with Crippen LogP contribution in [0.3, 0.4) is 0 Å². The maximum Gasteiger partial charge on any atom is 0.0892 e. The Kier molecular flexibility index (Phi) is 4.14. The van der Waals surface area contributed by atoms with Crippen molar-refractivity contribution in [3.05, 3.63) is 34.3 Å². The van der Waals surface area contributed by atoms with Gasteiger partial charge < -0.3 is 9.84 Å². The predicted octanol–water partition coefficient (Wildman–Crippen LogP) is 2.59. The van der Waals surface area contributed by atoms with Crippen molar-refractivity contribution in [3.8, 4) is 0 Å². The number of aliphatic hydroxyl groups is 1. The van der Waals surface area contributed by atoms with Crippen LogP contribution in [-0.2, 0) is 11.2 Å². The average molecular weight is 229 g/mol. The van der Waals surface area contributed by atoms with Crippen LogP contribution in [0, 0.1) is 6.92 Å². The number of aryl methyl sites for hydroxylation is 1. The van der Waals surface area contributed by atoms with Gasteiger partial charge in [0, 0.05) is 18.6 Å². The van der Waals surface area contributed by atoms with E-state index in [1.807, 2.05) is 25.1 Å². The molecule has 0 saturated carbocycles. The molecule has 84 valence electrons. The lowest BCUT2D eigenvalue weighted by atomic mass is 9.96. The van der Waals surface area contributed by atoms with Crippen molar-refractivity contribution < 1.29 is 9.84 Å². The largest absolute Gasteiger partial charge is 0.387 e. The van der Waals surface area contributed by atoms with Gasteiger partial charge in [0.05, 0.1) is 12.2 Å². The Labute approximate surface area is 95.8 Å². The summed E-state index contributed by atoms with van der Waals surface area (Å²) in [4.78, 5) is 0. The minimum Gasteiger partial charge on any atom is -0.387 e. The van der Waals surface area contributed by atoms with Crippen LogP contribution < -0.4 is 0 Å². The number of rotatable bonds is 4. The summed E-state index contributed by atoms with van der Waals surface area (Å²) in [5.74, 6) is 0. The quantitative estimate of drug-likeness (QED) is 0.859. The highest BCUT2D eigenvalue weighted by Gasteiger charge is 2.20. The molecule has 0 heterocycles. The van der Waals surface area contributed by atoms with Crippen molar-refractivity contribution in [2.24, 2.45) is 0 Å². The average Bonchev–Trinajstić information content (AvgIpc) is 2.10. The molecule has 1 N–H and O–H groups in total. The molecule has 0 amide bonds. The minimum absolute atomic E-state index is 0.328. The van der Waals surface area contributed by atoms with Crippen molar-refractivity contribution in [1.29, 1.82) is 0 Å². The van der Waals surface area contributed by atoms with E-state index in [4.69, 9.17) is 16.3 Å². The van der Waals surface area contributed by atoms with Gasteiger partial charge in [0.2, 0.25) is 0 Å². The third kappa shape index (κ3) is 3.82. The molecule has 1 aromatic rings. The van der Waals surface area contributed by atoms with E-state index in [9.17, 15) is 5.11 Å². The first kappa shape index (κ1) is 12.5. The van der Waals surface area contributed by atoms with Crippen LogP contribution in [0.25, 0.3) is 0 Å². The smallest absolute Gasteiger partial charge is 0.0892 e. The fraction of sp³-hybridized carbons (Fsp3) is 0.500. The zero-order valence-corrected chi connectivity index (χ0v) is 10.1. The fourth-order valence-electron chi connectivity index (χ4n) is 1.62. The number of methoxy groups -OCH3 is 1. The summed E-state index contributed by atoms with van der Waals surface area (Å²) in [6.07, 6.45) is 0.568. The van der Waals surface area contributed by atoms with Crippen LogP contribution in [-0.4, -0.2) is 24.4 Å². The molecule has 15 heavy (non-hydrogen) atoms. The summed E-state index contributed by atoms with van der Waals surface area (Å²) < 4.78 is 4.96. The molecule has 1 rings (SSSR count). The van der Waals surface area contributed by atoms with Crippen LogP contribution in [0.4, 0.5) is 0 Å². The van der Waals surface area contributed by atoms with Gasteiger partial charge >= 0.3 is 0 Å². The second kappa shape index (κ2) is 4.97. The van der Waals surface area contributed by atoms with Crippen molar-refractivity contribution in [2.75, 3.05) is 13.7 Å². The molecule has 1 aromatic carbocycles. The first-order chi connectivity index (χ1) is 6.94. The molecule has 0 spiro atoms. The molecular formula is C12H17ClO2. The molecule has 1 atom stereocenters. The molecule has 0 radical (unpaired) electrons. The molecule has 0 aliphatic carbocycles. The molecule has 1 unspecified atom stereocenters. The molecule has 0 aliphatic heterocycles. The standard InChI is InChI=1S/C12H17ClO2/c1-9-6-10(4-5-11(9)13)7-12(2,14)8-15-3/h4-6,14H,7-8H2,1-3H3. The predicted molar refractivity (Wildman–Crippen MR) is 62.4 cm³/mol. The Bertz CT molecular complexity index is 334. The molecular weight excluding hydrogens is 212 g/mol. The Morgan fingerprint density at radius 3 is 2.67 bits per heavy atom. The topological polar surface area (TPSA) is 29.5 Å². The maximum atomic E-state index is 9.97. The van der Waals surface area contributed by atoms with E-state index in [0.29, 0.717) is 13.0 Å². The summed E-state index contributed by atoms with van der Waals surface area (Å²) in [7, 11) is 1.58. The third-order valence-electron chi connectivity index (χ3n) is 2.26. The van der Waals surface area contributed by atoms with Gasteiger partial charge in [0.1, 0.15) is 0 Å². The van der Waals surface area contributed by atoms with Crippen LogP contribution in [0.1, 0.15) is 18.1 Å². The highest BCUT2D eigenvalue weighted by molar-refractivity contribution is 6.31. The van der Waals surface area contributed by atoms with E-state index in [-0.39, 0.29) is 0 Å². The van der Waals surface area contributed by atoms with Crippen LogP contribution in [0.15, 0.2) is 18.2 Å². The molecule has 0 fully saturated rings. The first-order valence-electron chi connectivity index (χ1n) is 4.91. The summed E-state index contributed by atoms with van der Waals surface area (Å²) >= 11 is 5.93. The molecule has 3 heteroatoms. The lowest BCUT2D eigenvalue weighted by molar-refractivity contribution is -0.0161. The zero-order chi connectivity index (χ0) is 11.5. The van der Waals surface area contributed by atoms with Crippen molar-refractivity contribution in [3.63, 3.8) is 0 Å². The number of halogens is 1. The molecule has 0 bridgehead atoms. The summed E-state index contributed by atoms with van der Waals surface area (Å²) in [5, 5.41) is 10.7. The van der Waals surface area contributed by atoms with Crippen molar-refractivity contribution in [1.82, 2.24) is 0 Å². The molecule has 0 aromatic heterocycles. The summed E-state index contributed by atoms with van der Waals surface area (Å²) in [6, 6.07) is 5.78. The third-order valence-corrected chi connectivity index (χ3v) is 2.69. The second-order valence-electron chi connectivity index (χ2n) is 4.19. The van der Waals surface area contributed by atoms with Gasteiger partial charge in [-0.3, -0.25) is 0 Å². The van der Waals surface area contributed by atoms with E-state index in [1.165, 1.54) is 0 Å². The van der Waals surface area contributed by atoms with Crippen molar-refractivity contribution >= 4 is 11.6 Å². The van der Waals surface area contributed by atoms with Crippen LogP contribution in [0.5, 0.6) is 0 Å². The monoisotopic (exact) mass is 228 g/mol. The van der Waals surface area contributed by atoms with Gasteiger partial charge in [-0.05, 0) is 31.0 Å². The number of hydrogen-bond donors (Lipinski definition) is 1. The zero-order valence-electron chi connectivity index (χ0n) is 9.38. The Hall–Kier alpha value is -0.570. The maximum absolute atomic E-state index is 9.97. The van der Waals surface area contributed by atoms with Gasteiger partial charge in [0.15, 0.2) is 0 Å². The number of hydrogen-bond acceptors (Lipinski definition) is 2. The van der Waals surface area contributed by atoms with Crippen molar-refractivity contribution in [2.45, 2.75) is 25.9 Å². The van der Waals surface area contributed by atoms with E-state index in [2.05, 4.69) is 0 Å². The normalized spacial score (nSPS) is 15.0. The van der Waals surface area contributed by atoms with E-state index in [0.717, 1.165) is 16.1 Å². The Morgan fingerprint density at radius 2 is 2.13 bits per heavy atom.